The van der Waals surface area contributed by atoms with Crippen molar-refractivity contribution in [3.05, 3.63) is 60.4 Å². The number of amides is 1. The third-order valence-electron chi connectivity index (χ3n) is 4.42. The Bertz CT molecular complexity index is 630. The number of benzene rings is 1. The Morgan fingerprint density at radius 1 is 1.25 bits per heavy atom. The largest absolute Gasteiger partial charge is 0.370 e. The van der Waals surface area contributed by atoms with Gasteiger partial charge in [-0.25, -0.2) is 0 Å². The number of carbonyl (C=O) groups excluding carboxylic acids is 1. The zero-order chi connectivity index (χ0) is 16.8. The molecule has 1 unspecified atom stereocenters. The molecule has 1 aliphatic rings. The van der Waals surface area contributed by atoms with Crippen LogP contribution in [-0.2, 0) is 9.53 Å². The molecule has 2 atom stereocenters. The maximum atomic E-state index is 13.1. The maximum absolute atomic E-state index is 13.1. The first-order valence-electron chi connectivity index (χ1n) is 8.36. The summed E-state index contributed by atoms with van der Waals surface area (Å²) in [7, 11) is 0. The molecule has 0 bridgehead atoms. The zero-order valence-corrected chi connectivity index (χ0v) is 14.8. The third kappa shape index (κ3) is 4.02. The average Bonchev–Trinajstić information content (AvgIpc) is 3.17. The molecule has 1 saturated heterocycles. The smallest absolute Gasteiger partial charge is 0.245 e. The molecule has 1 amide bonds. The summed E-state index contributed by atoms with van der Waals surface area (Å²) in [5.41, 5.74) is 1.14. The lowest BCUT2D eigenvalue weighted by Crippen LogP contribution is -2.45. The molecule has 5 heteroatoms. The van der Waals surface area contributed by atoms with E-state index in [0.29, 0.717) is 19.7 Å². The lowest BCUT2D eigenvalue weighted by atomic mass is 10.1. The highest BCUT2D eigenvalue weighted by molar-refractivity contribution is 7.98. The predicted molar refractivity (Wildman–Crippen MR) is 98.2 cm³/mol. The van der Waals surface area contributed by atoms with Gasteiger partial charge in [0, 0.05) is 18.9 Å². The van der Waals surface area contributed by atoms with Crippen molar-refractivity contribution in [3.63, 3.8) is 0 Å². The third-order valence-corrected chi connectivity index (χ3v) is 5.06. The van der Waals surface area contributed by atoms with Gasteiger partial charge in [0.25, 0.3) is 0 Å². The number of morpholine rings is 1. The molecule has 0 aliphatic carbocycles. The Morgan fingerprint density at radius 2 is 2.00 bits per heavy atom. The highest BCUT2D eigenvalue weighted by Crippen LogP contribution is 2.25. The molecule has 0 saturated carbocycles. The fourth-order valence-corrected chi connectivity index (χ4v) is 3.57. The Labute approximate surface area is 147 Å². The summed E-state index contributed by atoms with van der Waals surface area (Å²) in [5, 5.41) is 0. The molecule has 1 aliphatic heterocycles. The molecule has 0 N–H and O–H groups in total. The Hall–Kier alpha value is -1.72. The van der Waals surface area contributed by atoms with Gasteiger partial charge < -0.3 is 14.2 Å². The van der Waals surface area contributed by atoms with Gasteiger partial charge in [-0.2, -0.15) is 11.8 Å². The number of nitrogens with zero attached hydrogens (tertiary/aromatic N) is 2. The van der Waals surface area contributed by atoms with E-state index < -0.39 is 0 Å². The van der Waals surface area contributed by atoms with Crippen molar-refractivity contribution in [1.29, 1.82) is 0 Å². The Morgan fingerprint density at radius 3 is 2.71 bits per heavy atom. The Balaban J connectivity index is 1.72. The quantitative estimate of drug-likeness (QED) is 0.806. The molecule has 1 fully saturated rings. The van der Waals surface area contributed by atoms with Crippen LogP contribution < -0.4 is 0 Å². The van der Waals surface area contributed by atoms with E-state index >= 15 is 0 Å². The van der Waals surface area contributed by atoms with Crippen molar-refractivity contribution in [2.24, 2.45) is 0 Å². The molecule has 4 nitrogen and oxygen atoms in total. The second-order valence-electron chi connectivity index (χ2n) is 5.98. The van der Waals surface area contributed by atoms with E-state index in [1.165, 1.54) is 0 Å². The number of carbonyl (C=O) groups is 1. The number of hydrogen-bond donors (Lipinski definition) is 0. The highest BCUT2D eigenvalue weighted by atomic mass is 32.2. The van der Waals surface area contributed by atoms with E-state index in [9.17, 15) is 4.79 Å². The minimum absolute atomic E-state index is 0.0326. The molecule has 1 aromatic heterocycles. The molecule has 128 valence electrons. The van der Waals surface area contributed by atoms with Crippen LogP contribution in [0.5, 0.6) is 0 Å². The van der Waals surface area contributed by atoms with Crippen molar-refractivity contribution >= 4 is 17.7 Å². The summed E-state index contributed by atoms with van der Waals surface area (Å²) >= 11 is 1.78. The van der Waals surface area contributed by atoms with E-state index in [1.807, 2.05) is 52.2 Å². The molecular weight excluding hydrogens is 320 g/mol. The second-order valence-corrected chi connectivity index (χ2v) is 6.97. The van der Waals surface area contributed by atoms with Crippen LogP contribution in [-0.4, -0.2) is 47.1 Å². The number of rotatable bonds is 6. The molecule has 2 aromatic rings. The van der Waals surface area contributed by atoms with Crippen LogP contribution in [0.4, 0.5) is 0 Å². The topological polar surface area (TPSA) is 34.5 Å². The SMILES string of the molecule is CSCC[C@H](C(=O)N1CCOC(c2ccccc2)C1)n1cccc1. The molecular formula is C19H24N2O2S. The first kappa shape index (κ1) is 17.1. The summed E-state index contributed by atoms with van der Waals surface area (Å²) in [6, 6.07) is 14.0. The fraction of sp³-hybridized carbons (Fsp3) is 0.421. The van der Waals surface area contributed by atoms with Crippen molar-refractivity contribution in [2.45, 2.75) is 18.6 Å². The average molecular weight is 344 g/mol. The first-order chi connectivity index (χ1) is 11.8. The van der Waals surface area contributed by atoms with Crippen molar-refractivity contribution in [3.8, 4) is 0 Å². The minimum Gasteiger partial charge on any atom is -0.370 e. The number of hydrogen-bond acceptors (Lipinski definition) is 3. The van der Waals surface area contributed by atoms with Gasteiger partial charge in [-0.05, 0) is 36.1 Å². The van der Waals surface area contributed by atoms with E-state index in [-0.39, 0.29) is 18.1 Å². The predicted octanol–water partition coefficient (Wildman–Crippen LogP) is 3.38. The van der Waals surface area contributed by atoms with Crippen molar-refractivity contribution in [1.82, 2.24) is 9.47 Å². The molecule has 1 aromatic carbocycles. The van der Waals surface area contributed by atoms with Crippen LogP contribution >= 0.6 is 11.8 Å². The molecule has 0 spiro atoms. The van der Waals surface area contributed by atoms with E-state index in [2.05, 4.69) is 18.4 Å². The second kappa shape index (κ2) is 8.40. The summed E-state index contributed by atoms with van der Waals surface area (Å²) in [4.78, 5) is 15.1. The van der Waals surface area contributed by atoms with Crippen LogP contribution in [0.15, 0.2) is 54.9 Å². The fourth-order valence-electron chi connectivity index (χ4n) is 3.11. The lowest BCUT2D eigenvalue weighted by molar-refractivity contribution is -0.142. The van der Waals surface area contributed by atoms with Crippen molar-refractivity contribution < 1.29 is 9.53 Å². The summed E-state index contributed by atoms with van der Waals surface area (Å²) in [5.74, 6) is 1.17. The molecule has 0 radical (unpaired) electrons. The van der Waals surface area contributed by atoms with Crippen LogP contribution in [0.25, 0.3) is 0 Å². The summed E-state index contributed by atoms with van der Waals surface area (Å²) in [6.45, 7) is 1.88. The highest BCUT2D eigenvalue weighted by Gasteiger charge is 2.30. The van der Waals surface area contributed by atoms with Crippen LogP contribution in [0, 0.1) is 0 Å². The van der Waals surface area contributed by atoms with Crippen molar-refractivity contribution in [2.75, 3.05) is 31.7 Å². The van der Waals surface area contributed by atoms with E-state index in [1.54, 1.807) is 11.8 Å². The number of ether oxygens (including phenoxy) is 1. The Kier molecular flexibility index (Phi) is 5.99. The van der Waals surface area contributed by atoms with Gasteiger partial charge in [-0.3, -0.25) is 4.79 Å². The zero-order valence-electron chi connectivity index (χ0n) is 14.0. The van der Waals surface area contributed by atoms with Gasteiger partial charge in [-0.1, -0.05) is 30.3 Å². The maximum Gasteiger partial charge on any atom is 0.245 e. The van der Waals surface area contributed by atoms with Crippen LogP contribution in [0.2, 0.25) is 0 Å². The van der Waals surface area contributed by atoms with Gasteiger partial charge in [0.05, 0.1) is 13.2 Å². The minimum atomic E-state index is -0.123. The van der Waals surface area contributed by atoms with Crippen LogP contribution in [0.1, 0.15) is 24.1 Å². The van der Waals surface area contributed by atoms with Gasteiger partial charge in [0.15, 0.2) is 0 Å². The molecule has 24 heavy (non-hydrogen) atoms. The lowest BCUT2D eigenvalue weighted by Gasteiger charge is -2.35. The molecule has 3 rings (SSSR count). The van der Waals surface area contributed by atoms with Gasteiger partial charge in [0.1, 0.15) is 12.1 Å². The summed E-state index contributed by atoms with van der Waals surface area (Å²) in [6.07, 6.45) is 6.87. The van der Waals surface area contributed by atoms with Gasteiger partial charge in [-0.15, -0.1) is 0 Å². The first-order valence-corrected chi connectivity index (χ1v) is 9.75. The van der Waals surface area contributed by atoms with E-state index in [0.717, 1.165) is 17.7 Å². The normalized spacial score (nSPS) is 19.2. The number of thioether (sulfide) groups is 1. The van der Waals surface area contributed by atoms with Gasteiger partial charge in [0.2, 0.25) is 5.91 Å². The van der Waals surface area contributed by atoms with Crippen LogP contribution in [0.3, 0.4) is 0 Å². The summed E-state index contributed by atoms with van der Waals surface area (Å²) < 4.78 is 7.92. The monoisotopic (exact) mass is 344 g/mol. The van der Waals surface area contributed by atoms with Gasteiger partial charge >= 0.3 is 0 Å². The number of aromatic nitrogens is 1. The molecule has 2 heterocycles. The standard InChI is InChI=1S/C19H24N2O2S/c1-24-14-9-17(20-10-5-6-11-20)19(22)21-12-13-23-18(15-21)16-7-3-2-4-8-16/h2-8,10-11,17-18H,9,12-15H2,1H3/t17-,18?/m1/s1. The van der Waals surface area contributed by atoms with E-state index in [4.69, 9.17) is 4.74 Å².